The molecule has 4 N–H and O–H groups in total. The number of aliphatic hydroxyl groups is 1. The third kappa shape index (κ3) is 4.62. The predicted molar refractivity (Wildman–Crippen MR) is 79.0 cm³/mol. The largest absolute Gasteiger partial charge is 0.393 e. The molecule has 0 aromatic heterocycles. The van der Waals surface area contributed by atoms with Crippen molar-refractivity contribution in [2.45, 2.75) is 56.7 Å². The van der Waals surface area contributed by atoms with Crippen LogP contribution in [-0.2, 0) is 4.79 Å². The summed E-state index contributed by atoms with van der Waals surface area (Å²) >= 11 is 0. The monoisotopic (exact) mass is 276 g/mol. The number of rotatable bonds is 5. The molecule has 4 nitrogen and oxygen atoms in total. The van der Waals surface area contributed by atoms with Crippen LogP contribution in [0, 0.1) is 0 Å². The Morgan fingerprint density at radius 1 is 1.25 bits per heavy atom. The molecule has 20 heavy (non-hydrogen) atoms. The number of hydrogen-bond donors (Lipinski definition) is 3. The molecule has 0 radical (unpaired) electrons. The van der Waals surface area contributed by atoms with E-state index in [0.29, 0.717) is 12.8 Å². The first-order valence-electron chi connectivity index (χ1n) is 7.43. The van der Waals surface area contributed by atoms with Crippen molar-refractivity contribution in [2.75, 3.05) is 0 Å². The number of amides is 1. The summed E-state index contributed by atoms with van der Waals surface area (Å²) in [6.07, 6.45) is 4.24. The van der Waals surface area contributed by atoms with E-state index >= 15 is 0 Å². The first kappa shape index (κ1) is 15.0. The van der Waals surface area contributed by atoms with E-state index in [-0.39, 0.29) is 24.1 Å². The molecule has 1 amide bonds. The molecular formula is C16H24N2O2. The molecule has 1 atom stereocenters. The second-order valence-corrected chi connectivity index (χ2v) is 5.63. The van der Waals surface area contributed by atoms with E-state index in [0.717, 1.165) is 31.2 Å². The van der Waals surface area contributed by atoms with Gasteiger partial charge in [-0.3, -0.25) is 4.79 Å². The second kappa shape index (κ2) is 7.41. The van der Waals surface area contributed by atoms with E-state index in [4.69, 9.17) is 5.73 Å². The molecule has 1 fully saturated rings. The third-order valence-corrected chi connectivity index (χ3v) is 3.97. The Morgan fingerprint density at radius 2 is 1.90 bits per heavy atom. The molecule has 1 aliphatic rings. The van der Waals surface area contributed by atoms with Crippen LogP contribution in [0.2, 0.25) is 0 Å². The number of nitrogens with one attached hydrogen (secondary N) is 1. The van der Waals surface area contributed by atoms with Crippen LogP contribution in [0.15, 0.2) is 30.3 Å². The maximum absolute atomic E-state index is 11.9. The molecule has 4 heteroatoms. The number of hydrogen-bond acceptors (Lipinski definition) is 3. The van der Waals surface area contributed by atoms with Crippen molar-refractivity contribution >= 4 is 5.91 Å². The third-order valence-electron chi connectivity index (χ3n) is 3.97. The maximum Gasteiger partial charge on any atom is 0.220 e. The van der Waals surface area contributed by atoms with Crippen LogP contribution < -0.4 is 11.1 Å². The standard InChI is InChI=1S/C16H24N2O2/c17-15(12-4-2-1-3-5-12)10-11-16(20)18-13-6-8-14(19)9-7-13/h1-5,13-15,19H,6-11,17H2,(H,18,20). The minimum absolute atomic E-state index is 0.0674. The molecule has 110 valence electrons. The molecule has 0 saturated heterocycles. The Hall–Kier alpha value is -1.39. The van der Waals surface area contributed by atoms with E-state index in [1.807, 2.05) is 30.3 Å². The summed E-state index contributed by atoms with van der Waals surface area (Å²) < 4.78 is 0. The smallest absolute Gasteiger partial charge is 0.220 e. The molecule has 0 aliphatic heterocycles. The molecule has 2 rings (SSSR count). The highest BCUT2D eigenvalue weighted by Crippen LogP contribution is 2.19. The highest BCUT2D eigenvalue weighted by atomic mass is 16.3. The topological polar surface area (TPSA) is 75.4 Å². The molecule has 0 spiro atoms. The lowest BCUT2D eigenvalue weighted by molar-refractivity contribution is -0.122. The van der Waals surface area contributed by atoms with Crippen LogP contribution >= 0.6 is 0 Å². The van der Waals surface area contributed by atoms with Crippen LogP contribution in [-0.4, -0.2) is 23.2 Å². The highest BCUT2D eigenvalue weighted by molar-refractivity contribution is 5.76. The van der Waals surface area contributed by atoms with E-state index in [1.165, 1.54) is 0 Å². The lowest BCUT2D eigenvalue weighted by Crippen LogP contribution is -2.38. The number of carbonyl (C=O) groups is 1. The second-order valence-electron chi connectivity index (χ2n) is 5.63. The Morgan fingerprint density at radius 3 is 2.55 bits per heavy atom. The van der Waals surface area contributed by atoms with Crippen molar-refractivity contribution in [1.29, 1.82) is 0 Å². The molecular weight excluding hydrogens is 252 g/mol. The quantitative estimate of drug-likeness (QED) is 0.768. The van der Waals surface area contributed by atoms with Crippen LogP contribution in [0.1, 0.15) is 50.1 Å². The fourth-order valence-corrected chi connectivity index (χ4v) is 2.67. The SMILES string of the molecule is NC(CCC(=O)NC1CCC(O)CC1)c1ccccc1. The molecule has 1 aromatic rings. The van der Waals surface area contributed by atoms with Gasteiger partial charge in [-0.05, 0) is 37.7 Å². The summed E-state index contributed by atoms with van der Waals surface area (Å²) in [6.45, 7) is 0. The number of carbonyl (C=O) groups excluding carboxylic acids is 1. The van der Waals surface area contributed by atoms with Crippen molar-refractivity contribution in [1.82, 2.24) is 5.32 Å². The van der Waals surface area contributed by atoms with Crippen molar-refractivity contribution in [2.24, 2.45) is 5.73 Å². The molecule has 0 bridgehead atoms. The van der Waals surface area contributed by atoms with Gasteiger partial charge in [0.1, 0.15) is 0 Å². The molecule has 1 saturated carbocycles. The van der Waals surface area contributed by atoms with Gasteiger partial charge in [0.05, 0.1) is 6.10 Å². The van der Waals surface area contributed by atoms with Gasteiger partial charge < -0.3 is 16.2 Å². The van der Waals surface area contributed by atoms with Gasteiger partial charge in [-0.15, -0.1) is 0 Å². The van der Waals surface area contributed by atoms with Crippen molar-refractivity contribution in [3.05, 3.63) is 35.9 Å². The van der Waals surface area contributed by atoms with Gasteiger partial charge in [0, 0.05) is 18.5 Å². The average Bonchev–Trinajstić information content (AvgIpc) is 2.48. The summed E-state index contributed by atoms with van der Waals surface area (Å²) in [7, 11) is 0. The Balaban J connectivity index is 1.70. The van der Waals surface area contributed by atoms with Gasteiger partial charge in [0.25, 0.3) is 0 Å². The predicted octanol–water partition coefficient (Wildman–Crippen LogP) is 1.89. The Labute approximate surface area is 120 Å². The first-order valence-corrected chi connectivity index (χ1v) is 7.43. The highest BCUT2D eigenvalue weighted by Gasteiger charge is 2.20. The lowest BCUT2D eigenvalue weighted by atomic mass is 9.93. The summed E-state index contributed by atoms with van der Waals surface area (Å²) in [5.74, 6) is 0.0674. The first-order chi connectivity index (χ1) is 9.65. The van der Waals surface area contributed by atoms with Crippen LogP contribution in [0.3, 0.4) is 0 Å². The molecule has 0 heterocycles. The van der Waals surface area contributed by atoms with E-state index in [1.54, 1.807) is 0 Å². The van der Waals surface area contributed by atoms with E-state index in [9.17, 15) is 9.90 Å². The summed E-state index contributed by atoms with van der Waals surface area (Å²) in [6, 6.07) is 10.00. The summed E-state index contributed by atoms with van der Waals surface area (Å²) in [5.41, 5.74) is 7.15. The normalized spacial score (nSPS) is 24.1. The fourth-order valence-electron chi connectivity index (χ4n) is 2.67. The summed E-state index contributed by atoms with van der Waals surface area (Å²) in [5, 5.41) is 12.5. The van der Waals surface area contributed by atoms with Gasteiger partial charge >= 0.3 is 0 Å². The van der Waals surface area contributed by atoms with E-state index in [2.05, 4.69) is 5.32 Å². The summed E-state index contributed by atoms with van der Waals surface area (Å²) in [4.78, 5) is 11.9. The number of benzene rings is 1. The van der Waals surface area contributed by atoms with Gasteiger partial charge in [0.2, 0.25) is 5.91 Å². The molecule has 1 aliphatic carbocycles. The van der Waals surface area contributed by atoms with Gasteiger partial charge in [-0.2, -0.15) is 0 Å². The maximum atomic E-state index is 11.9. The Kier molecular flexibility index (Phi) is 5.56. The zero-order valence-corrected chi connectivity index (χ0v) is 11.8. The average molecular weight is 276 g/mol. The van der Waals surface area contributed by atoms with Gasteiger partial charge in [0.15, 0.2) is 0 Å². The van der Waals surface area contributed by atoms with Gasteiger partial charge in [-0.1, -0.05) is 30.3 Å². The number of aliphatic hydroxyl groups excluding tert-OH is 1. The zero-order valence-electron chi connectivity index (χ0n) is 11.8. The fraction of sp³-hybridized carbons (Fsp3) is 0.562. The van der Waals surface area contributed by atoms with Crippen LogP contribution in [0.4, 0.5) is 0 Å². The van der Waals surface area contributed by atoms with Crippen molar-refractivity contribution in [3.63, 3.8) is 0 Å². The molecule has 1 aromatic carbocycles. The lowest BCUT2D eigenvalue weighted by Gasteiger charge is -2.26. The Bertz CT molecular complexity index is 414. The van der Waals surface area contributed by atoms with Crippen LogP contribution in [0.25, 0.3) is 0 Å². The van der Waals surface area contributed by atoms with Crippen molar-refractivity contribution < 1.29 is 9.90 Å². The molecule has 1 unspecified atom stereocenters. The van der Waals surface area contributed by atoms with Crippen LogP contribution in [0.5, 0.6) is 0 Å². The van der Waals surface area contributed by atoms with Gasteiger partial charge in [-0.25, -0.2) is 0 Å². The van der Waals surface area contributed by atoms with E-state index < -0.39 is 0 Å². The van der Waals surface area contributed by atoms with Crippen molar-refractivity contribution in [3.8, 4) is 0 Å². The zero-order chi connectivity index (χ0) is 14.4. The number of nitrogens with two attached hydrogens (primary N) is 1. The minimum atomic E-state index is -0.186. The minimum Gasteiger partial charge on any atom is -0.393 e.